The molecule has 2 N–H and O–H groups in total. The van der Waals surface area contributed by atoms with Crippen LogP contribution in [0.25, 0.3) is 0 Å². The van der Waals surface area contributed by atoms with Crippen molar-refractivity contribution >= 4 is 13.7 Å². The number of quaternary nitrogens is 1. The number of aliphatic hydroxyl groups excluding tert-OH is 1. The van der Waals surface area contributed by atoms with Crippen molar-refractivity contribution in [2.45, 2.75) is 353 Å². The molecule has 75 heavy (non-hydrogen) atoms. The summed E-state index contributed by atoms with van der Waals surface area (Å²) in [6.45, 7) is 4.70. The van der Waals surface area contributed by atoms with Crippen LogP contribution in [0, 0.1) is 0 Å². The number of phosphoric acid groups is 1. The second-order valence-corrected chi connectivity index (χ2v) is 25.6. The summed E-state index contributed by atoms with van der Waals surface area (Å²) in [5, 5.41) is 13.9. The smallest absolute Gasteiger partial charge is 0.268 e. The summed E-state index contributed by atoms with van der Waals surface area (Å²) in [7, 11) is 1.28. The Balaban J connectivity index is 3.98. The molecule has 3 unspecified atom stereocenters. The summed E-state index contributed by atoms with van der Waals surface area (Å²) >= 11 is 0. The van der Waals surface area contributed by atoms with Gasteiger partial charge in [-0.2, -0.15) is 0 Å². The van der Waals surface area contributed by atoms with Crippen molar-refractivity contribution in [3.63, 3.8) is 0 Å². The normalized spacial score (nSPS) is 13.9. The number of carbonyl (C=O) groups excluding carboxylic acids is 1. The molecule has 0 aromatic rings. The summed E-state index contributed by atoms with van der Waals surface area (Å²) in [5.41, 5.74) is 0. The van der Waals surface area contributed by atoms with Crippen molar-refractivity contribution in [3.8, 4) is 0 Å². The van der Waals surface area contributed by atoms with E-state index in [1.165, 1.54) is 283 Å². The lowest BCUT2D eigenvalue weighted by molar-refractivity contribution is -0.870. The fourth-order valence-electron chi connectivity index (χ4n) is 10.2. The Morgan fingerprint density at radius 2 is 0.733 bits per heavy atom. The van der Waals surface area contributed by atoms with Crippen molar-refractivity contribution < 1.29 is 32.9 Å². The van der Waals surface area contributed by atoms with Gasteiger partial charge in [-0.1, -0.05) is 314 Å². The Morgan fingerprint density at radius 1 is 0.453 bits per heavy atom. The van der Waals surface area contributed by atoms with Gasteiger partial charge >= 0.3 is 0 Å². The molecule has 0 rings (SSSR count). The second-order valence-electron chi connectivity index (χ2n) is 24.2. The zero-order valence-corrected chi connectivity index (χ0v) is 51.9. The number of hydrogen-bond donors (Lipinski definition) is 2. The van der Waals surface area contributed by atoms with Gasteiger partial charge in [0.15, 0.2) is 0 Å². The maximum Gasteiger partial charge on any atom is 0.268 e. The summed E-state index contributed by atoms with van der Waals surface area (Å²) in [4.78, 5) is 25.6. The second kappa shape index (κ2) is 57.7. The van der Waals surface area contributed by atoms with E-state index in [9.17, 15) is 19.4 Å². The monoisotopic (exact) mass is 1080 g/mol. The highest BCUT2D eigenvalue weighted by Crippen LogP contribution is 2.38. The average molecular weight is 1080 g/mol. The minimum absolute atomic E-state index is 0.00157. The number of amides is 1. The Labute approximate surface area is 468 Å². The van der Waals surface area contributed by atoms with Crippen molar-refractivity contribution in [3.05, 3.63) is 24.3 Å². The van der Waals surface area contributed by atoms with Gasteiger partial charge in [-0.05, 0) is 44.9 Å². The first-order chi connectivity index (χ1) is 36.5. The van der Waals surface area contributed by atoms with E-state index in [-0.39, 0.29) is 19.1 Å². The topological polar surface area (TPSA) is 108 Å². The molecule has 0 radical (unpaired) electrons. The zero-order chi connectivity index (χ0) is 54.9. The van der Waals surface area contributed by atoms with Gasteiger partial charge in [0, 0.05) is 6.42 Å². The number of hydrogen-bond acceptors (Lipinski definition) is 6. The van der Waals surface area contributed by atoms with Crippen LogP contribution in [-0.4, -0.2) is 68.5 Å². The molecule has 0 aliphatic carbocycles. The minimum atomic E-state index is -4.60. The van der Waals surface area contributed by atoms with Crippen molar-refractivity contribution in [2.75, 3.05) is 40.9 Å². The van der Waals surface area contributed by atoms with Gasteiger partial charge in [0.2, 0.25) is 5.91 Å². The van der Waals surface area contributed by atoms with Crippen LogP contribution in [0.5, 0.6) is 0 Å². The minimum Gasteiger partial charge on any atom is -0.756 e. The van der Waals surface area contributed by atoms with Gasteiger partial charge < -0.3 is 28.8 Å². The van der Waals surface area contributed by atoms with E-state index in [4.69, 9.17) is 9.05 Å². The molecule has 0 saturated carbocycles. The van der Waals surface area contributed by atoms with Gasteiger partial charge in [0.1, 0.15) is 13.2 Å². The van der Waals surface area contributed by atoms with E-state index in [1.807, 2.05) is 27.2 Å². The molecular weight excluding hydrogens is 948 g/mol. The highest BCUT2D eigenvalue weighted by Gasteiger charge is 2.23. The molecule has 0 saturated heterocycles. The first-order valence-electron chi connectivity index (χ1n) is 33.2. The number of rotatable bonds is 62. The quantitative estimate of drug-likeness (QED) is 0.0272. The van der Waals surface area contributed by atoms with Crippen LogP contribution in [0.4, 0.5) is 0 Å². The molecule has 0 aromatic carbocycles. The lowest BCUT2D eigenvalue weighted by Crippen LogP contribution is -2.45. The molecule has 0 spiro atoms. The Morgan fingerprint density at radius 3 is 1.04 bits per heavy atom. The molecule has 0 heterocycles. The largest absolute Gasteiger partial charge is 0.756 e. The first-order valence-corrected chi connectivity index (χ1v) is 34.7. The maximum atomic E-state index is 13.0. The third-order valence-electron chi connectivity index (χ3n) is 15.4. The lowest BCUT2D eigenvalue weighted by Gasteiger charge is -2.29. The highest BCUT2D eigenvalue weighted by molar-refractivity contribution is 7.45. The number of carbonyl (C=O) groups is 1. The number of aliphatic hydroxyl groups is 1. The Bertz CT molecular complexity index is 1270. The van der Waals surface area contributed by atoms with Crippen LogP contribution >= 0.6 is 7.82 Å². The van der Waals surface area contributed by atoms with Gasteiger partial charge in [-0.15, -0.1) is 0 Å². The zero-order valence-electron chi connectivity index (χ0n) is 51.0. The van der Waals surface area contributed by atoms with E-state index >= 15 is 0 Å². The average Bonchev–Trinajstić information content (AvgIpc) is 3.37. The molecule has 0 bridgehead atoms. The van der Waals surface area contributed by atoms with Crippen LogP contribution in [0.2, 0.25) is 0 Å². The summed E-state index contributed by atoms with van der Waals surface area (Å²) < 4.78 is 23.4. The molecule has 0 aliphatic heterocycles. The van der Waals surface area contributed by atoms with Crippen LogP contribution in [0.15, 0.2) is 24.3 Å². The highest BCUT2D eigenvalue weighted by atomic mass is 31.2. The molecule has 446 valence electrons. The Kier molecular flexibility index (Phi) is 56.9. The van der Waals surface area contributed by atoms with Crippen molar-refractivity contribution in [2.24, 2.45) is 0 Å². The molecule has 9 heteroatoms. The third kappa shape index (κ3) is 60.5. The standard InChI is InChI=1S/C66H131N2O6P/c1-6-8-10-12-14-16-18-20-22-24-26-27-28-29-30-31-32-33-34-35-36-37-38-39-40-41-42-44-46-48-50-52-54-56-58-60-66(70)67-64(63-74-75(71,72)73-62-61-68(3,4)5)65(69)59-57-55-53-51-49-47-45-43-25-23-21-19-17-15-13-11-9-7-2/h31-32,57,59,64-65,69H,6-30,33-56,58,60-63H2,1-5H3,(H-,67,70,71,72)/b32-31-,59-57+. The number of unbranched alkanes of at least 4 members (excludes halogenated alkanes) is 47. The predicted molar refractivity (Wildman–Crippen MR) is 325 cm³/mol. The van der Waals surface area contributed by atoms with Gasteiger partial charge in [-0.3, -0.25) is 9.36 Å². The number of phosphoric ester groups is 1. The van der Waals surface area contributed by atoms with Crippen LogP contribution in [0.1, 0.15) is 341 Å². The fourth-order valence-corrected chi connectivity index (χ4v) is 10.9. The van der Waals surface area contributed by atoms with E-state index in [0.717, 1.165) is 38.5 Å². The summed E-state index contributed by atoms with van der Waals surface area (Å²) in [5.74, 6) is -0.191. The number of nitrogens with one attached hydrogen (secondary N) is 1. The molecule has 0 aromatic heterocycles. The molecule has 3 atom stereocenters. The number of likely N-dealkylation sites (N-methyl/N-ethyl adjacent to an activating group) is 1. The van der Waals surface area contributed by atoms with Gasteiger partial charge in [0.05, 0.1) is 39.9 Å². The van der Waals surface area contributed by atoms with Gasteiger partial charge in [-0.25, -0.2) is 0 Å². The predicted octanol–water partition coefficient (Wildman–Crippen LogP) is 20.1. The van der Waals surface area contributed by atoms with Crippen LogP contribution in [-0.2, 0) is 18.4 Å². The number of nitrogens with zero attached hydrogens (tertiary/aromatic N) is 1. The first kappa shape index (κ1) is 74.0. The SMILES string of the molecule is CCCCCCCCCCCCCCCC/C=C\CCCCCCCCCCCCCCCCCCCC(=O)NC(COP(=O)([O-])OCC[N+](C)(C)C)C(O)/C=C/CCCCCCCCCCCCCCCCCC. The van der Waals surface area contributed by atoms with Crippen LogP contribution < -0.4 is 10.2 Å². The summed E-state index contributed by atoms with van der Waals surface area (Å²) in [6, 6.07) is -0.884. The molecular formula is C66H131N2O6P. The maximum absolute atomic E-state index is 13.0. The van der Waals surface area contributed by atoms with Crippen molar-refractivity contribution in [1.82, 2.24) is 5.32 Å². The molecule has 1 amide bonds. The third-order valence-corrected chi connectivity index (χ3v) is 16.4. The van der Waals surface area contributed by atoms with E-state index < -0.39 is 20.0 Å². The molecule has 0 aliphatic rings. The number of allylic oxidation sites excluding steroid dienone is 3. The van der Waals surface area contributed by atoms with E-state index in [1.54, 1.807) is 6.08 Å². The Hall–Kier alpha value is -1.02. The molecule has 8 nitrogen and oxygen atoms in total. The van der Waals surface area contributed by atoms with Gasteiger partial charge in [0.25, 0.3) is 7.82 Å². The lowest BCUT2D eigenvalue weighted by atomic mass is 10.0. The summed E-state index contributed by atoms with van der Waals surface area (Å²) in [6.07, 6.45) is 74.4. The fraction of sp³-hybridized carbons (Fsp3) is 0.924. The van der Waals surface area contributed by atoms with E-state index in [0.29, 0.717) is 17.4 Å². The molecule has 0 fully saturated rings. The van der Waals surface area contributed by atoms with Crippen LogP contribution in [0.3, 0.4) is 0 Å². The van der Waals surface area contributed by atoms with Crippen molar-refractivity contribution in [1.29, 1.82) is 0 Å². The van der Waals surface area contributed by atoms with E-state index in [2.05, 4.69) is 31.3 Å².